The Morgan fingerprint density at radius 1 is 0.769 bits per heavy atom. The molecular weight excluding hydrogens is 332 g/mol. The summed E-state index contributed by atoms with van der Waals surface area (Å²) in [4.78, 5) is 28.2. The summed E-state index contributed by atoms with van der Waals surface area (Å²) in [5.74, 6) is 1.16. The maximum atomic E-state index is 12.6. The second-order valence-corrected chi connectivity index (χ2v) is 5.82. The van der Waals surface area contributed by atoms with E-state index in [4.69, 9.17) is 9.47 Å². The Balaban J connectivity index is 1.76. The Morgan fingerprint density at radius 3 is 1.96 bits per heavy atom. The monoisotopic (exact) mass is 354 g/mol. The van der Waals surface area contributed by atoms with Crippen LogP contribution in [0, 0.1) is 0 Å². The molecule has 3 rings (SSSR count). The van der Waals surface area contributed by atoms with Crippen LogP contribution in [0.5, 0.6) is 11.5 Å². The van der Waals surface area contributed by atoms with Crippen LogP contribution in [0.1, 0.15) is 13.8 Å². The fourth-order valence-corrected chi connectivity index (χ4v) is 2.88. The van der Waals surface area contributed by atoms with Gasteiger partial charge in [0.05, 0.1) is 13.2 Å². The fourth-order valence-electron chi connectivity index (χ4n) is 2.88. The predicted molar refractivity (Wildman–Crippen MR) is 99.9 cm³/mol. The predicted octanol–water partition coefficient (Wildman–Crippen LogP) is 2.86. The first kappa shape index (κ1) is 17.8. The van der Waals surface area contributed by atoms with Crippen molar-refractivity contribution >= 4 is 23.2 Å². The molecule has 26 heavy (non-hydrogen) atoms. The summed E-state index contributed by atoms with van der Waals surface area (Å²) in [5.41, 5.74) is 1.36. The first-order chi connectivity index (χ1) is 12.6. The molecule has 2 aromatic rings. The second-order valence-electron chi connectivity index (χ2n) is 5.82. The molecule has 0 saturated carbocycles. The number of anilines is 2. The van der Waals surface area contributed by atoms with Gasteiger partial charge in [0.15, 0.2) is 0 Å². The van der Waals surface area contributed by atoms with E-state index < -0.39 is 0 Å². The highest BCUT2D eigenvalue weighted by Gasteiger charge is 2.31. The summed E-state index contributed by atoms with van der Waals surface area (Å²) in [6, 6.07) is 14.4. The van der Waals surface area contributed by atoms with Crippen molar-refractivity contribution in [3.8, 4) is 11.5 Å². The number of carbonyl (C=O) groups excluding carboxylic acids is 2. The third-order valence-corrected chi connectivity index (χ3v) is 4.09. The highest BCUT2D eigenvalue weighted by Crippen LogP contribution is 2.26. The van der Waals surface area contributed by atoms with Crippen molar-refractivity contribution in [3.63, 3.8) is 0 Å². The number of nitrogens with zero attached hydrogens (tertiary/aromatic N) is 2. The molecule has 0 radical (unpaired) electrons. The average Bonchev–Trinajstić information content (AvgIpc) is 2.65. The van der Waals surface area contributed by atoms with Crippen LogP contribution < -0.4 is 19.3 Å². The van der Waals surface area contributed by atoms with E-state index in [1.807, 2.05) is 26.0 Å². The topological polar surface area (TPSA) is 59.1 Å². The largest absolute Gasteiger partial charge is 0.494 e. The Morgan fingerprint density at radius 2 is 1.35 bits per heavy atom. The molecule has 6 nitrogen and oxygen atoms in total. The highest BCUT2D eigenvalue weighted by molar-refractivity contribution is 6.12. The average molecular weight is 354 g/mol. The standard InChI is InChI=1S/C20H22N2O4/c1-3-25-17-10-8-15(9-11-17)21-13-20(24)22(14-19(21)23)16-6-5-7-18(12-16)26-4-2/h5-12H,3-4,13-14H2,1-2H3. The minimum atomic E-state index is -0.132. The molecule has 1 aliphatic rings. The minimum absolute atomic E-state index is 0.00161. The van der Waals surface area contributed by atoms with E-state index in [-0.39, 0.29) is 24.9 Å². The van der Waals surface area contributed by atoms with Gasteiger partial charge in [0.1, 0.15) is 24.6 Å². The molecule has 0 unspecified atom stereocenters. The smallest absolute Gasteiger partial charge is 0.247 e. The van der Waals surface area contributed by atoms with Crippen LogP contribution in [0.3, 0.4) is 0 Å². The normalized spacial score (nSPS) is 14.5. The van der Waals surface area contributed by atoms with Crippen LogP contribution in [-0.2, 0) is 9.59 Å². The van der Waals surface area contributed by atoms with Gasteiger partial charge in [-0.1, -0.05) is 6.07 Å². The molecule has 2 amide bonds. The van der Waals surface area contributed by atoms with Crippen molar-refractivity contribution in [1.29, 1.82) is 0 Å². The molecule has 0 spiro atoms. The van der Waals surface area contributed by atoms with Crippen molar-refractivity contribution in [2.24, 2.45) is 0 Å². The fraction of sp³-hybridized carbons (Fsp3) is 0.300. The molecule has 0 aromatic heterocycles. The summed E-state index contributed by atoms with van der Waals surface area (Å²) >= 11 is 0. The summed E-state index contributed by atoms with van der Waals surface area (Å²) in [6.45, 7) is 4.94. The zero-order valence-corrected chi connectivity index (χ0v) is 15.0. The molecule has 0 bridgehead atoms. The summed E-state index contributed by atoms with van der Waals surface area (Å²) < 4.78 is 10.9. The highest BCUT2D eigenvalue weighted by atomic mass is 16.5. The summed E-state index contributed by atoms with van der Waals surface area (Å²) in [5, 5.41) is 0. The van der Waals surface area contributed by atoms with Crippen LogP contribution >= 0.6 is 0 Å². The number of piperazine rings is 1. The first-order valence-corrected chi connectivity index (χ1v) is 8.68. The molecular formula is C20H22N2O4. The van der Waals surface area contributed by atoms with Crippen LogP contribution in [0.15, 0.2) is 48.5 Å². The number of ether oxygens (including phenoxy) is 2. The van der Waals surface area contributed by atoms with Gasteiger partial charge in [0.25, 0.3) is 0 Å². The first-order valence-electron chi connectivity index (χ1n) is 8.68. The maximum Gasteiger partial charge on any atom is 0.247 e. The Kier molecular flexibility index (Phi) is 5.41. The van der Waals surface area contributed by atoms with E-state index in [1.54, 1.807) is 36.4 Å². The molecule has 1 saturated heterocycles. The minimum Gasteiger partial charge on any atom is -0.494 e. The van der Waals surface area contributed by atoms with Crippen LogP contribution in [0.4, 0.5) is 11.4 Å². The lowest BCUT2D eigenvalue weighted by molar-refractivity contribution is -0.125. The van der Waals surface area contributed by atoms with Gasteiger partial charge in [-0.05, 0) is 50.2 Å². The zero-order chi connectivity index (χ0) is 18.5. The number of benzene rings is 2. The van der Waals surface area contributed by atoms with Crippen LogP contribution in [0.25, 0.3) is 0 Å². The van der Waals surface area contributed by atoms with E-state index in [9.17, 15) is 9.59 Å². The van der Waals surface area contributed by atoms with Gasteiger partial charge in [0.2, 0.25) is 11.8 Å². The molecule has 6 heteroatoms. The number of hydrogen-bond donors (Lipinski definition) is 0. The van der Waals surface area contributed by atoms with Crippen LogP contribution in [-0.4, -0.2) is 38.1 Å². The van der Waals surface area contributed by atoms with Gasteiger partial charge in [-0.15, -0.1) is 0 Å². The third-order valence-electron chi connectivity index (χ3n) is 4.09. The lowest BCUT2D eigenvalue weighted by Crippen LogP contribution is -2.54. The number of hydrogen-bond acceptors (Lipinski definition) is 4. The number of amides is 2. The van der Waals surface area contributed by atoms with Crippen molar-refractivity contribution in [2.45, 2.75) is 13.8 Å². The maximum absolute atomic E-state index is 12.6. The van der Waals surface area contributed by atoms with E-state index in [2.05, 4.69) is 0 Å². The quantitative estimate of drug-likeness (QED) is 0.800. The van der Waals surface area contributed by atoms with E-state index in [0.717, 1.165) is 5.75 Å². The molecule has 0 aliphatic carbocycles. The van der Waals surface area contributed by atoms with Crippen molar-refractivity contribution in [1.82, 2.24) is 0 Å². The molecule has 1 fully saturated rings. The van der Waals surface area contributed by atoms with Crippen molar-refractivity contribution < 1.29 is 19.1 Å². The number of carbonyl (C=O) groups is 2. The molecule has 2 aromatic carbocycles. The summed E-state index contributed by atoms with van der Waals surface area (Å²) in [6.07, 6.45) is 0. The zero-order valence-electron chi connectivity index (χ0n) is 15.0. The lowest BCUT2D eigenvalue weighted by atomic mass is 10.2. The van der Waals surface area contributed by atoms with Gasteiger partial charge in [-0.2, -0.15) is 0 Å². The van der Waals surface area contributed by atoms with Crippen LogP contribution in [0.2, 0.25) is 0 Å². The van der Waals surface area contributed by atoms with Gasteiger partial charge >= 0.3 is 0 Å². The van der Waals surface area contributed by atoms with E-state index in [1.165, 1.54) is 9.80 Å². The Labute approximate surface area is 152 Å². The van der Waals surface area contributed by atoms with Crippen molar-refractivity contribution in [3.05, 3.63) is 48.5 Å². The molecule has 1 heterocycles. The number of rotatable bonds is 6. The van der Waals surface area contributed by atoms with Gasteiger partial charge < -0.3 is 19.3 Å². The second kappa shape index (κ2) is 7.91. The van der Waals surface area contributed by atoms with Gasteiger partial charge in [-0.3, -0.25) is 9.59 Å². The molecule has 0 N–H and O–H groups in total. The molecule has 136 valence electrons. The van der Waals surface area contributed by atoms with Crippen molar-refractivity contribution in [2.75, 3.05) is 36.1 Å². The SMILES string of the molecule is CCOc1ccc(N2CC(=O)N(c3cccc(OCC)c3)CC2=O)cc1. The molecule has 0 atom stereocenters. The third kappa shape index (κ3) is 3.79. The van der Waals surface area contributed by atoms with Gasteiger partial charge in [0, 0.05) is 17.4 Å². The van der Waals surface area contributed by atoms with Gasteiger partial charge in [-0.25, -0.2) is 0 Å². The Bertz CT molecular complexity index is 789. The summed E-state index contributed by atoms with van der Waals surface area (Å²) in [7, 11) is 0. The van der Waals surface area contributed by atoms with E-state index >= 15 is 0 Å². The Hall–Kier alpha value is -3.02. The molecule has 1 aliphatic heterocycles. The lowest BCUT2D eigenvalue weighted by Gasteiger charge is -2.34. The van der Waals surface area contributed by atoms with E-state index in [0.29, 0.717) is 30.3 Å².